The molecule has 0 aliphatic carbocycles. The Morgan fingerprint density at radius 2 is 1.97 bits per heavy atom. The minimum atomic E-state index is -0.302. The largest absolute Gasteiger partial charge is 0.508 e. The van der Waals surface area contributed by atoms with Crippen molar-refractivity contribution in [2.75, 3.05) is 13.2 Å². The number of thiophene rings is 1. The van der Waals surface area contributed by atoms with Crippen LogP contribution in [0.1, 0.15) is 38.8 Å². The van der Waals surface area contributed by atoms with Crippen molar-refractivity contribution in [2.24, 2.45) is 4.99 Å². The summed E-state index contributed by atoms with van der Waals surface area (Å²) in [5.41, 5.74) is 3.82. The first kappa shape index (κ1) is 20.3. The molecule has 1 aromatic heterocycles. The van der Waals surface area contributed by atoms with Gasteiger partial charge in [0.05, 0.1) is 12.2 Å². The van der Waals surface area contributed by atoms with Gasteiger partial charge in [0, 0.05) is 30.7 Å². The summed E-state index contributed by atoms with van der Waals surface area (Å²) in [6, 6.07) is 17.2. The molecule has 2 heterocycles. The number of aliphatic imine (C=N–C) groups is 1. The highest BCUT2D eigenvalue weighted by atomic mass is 32.1. The number of esters is 1. The highest BCUT2D eigenvalue weighted by Gasteiger charge is 2.28. The molecule has 0 spiro atoms. The Labute approximate surface area is 180 Å². The van der Waals surface area contributed by atoms with E-state index in [0.717, 1.165) is 37.2 Å². The molecule has 4 rings (SSSR count). The van der Waals surface area contributed by atoms with Gasteiger partial charge in [0.1, 0.15) is 10.8 Å². The highest BCUT2D eigenvalue weighted by molar-refractivity contribution is 7.16. The molecule has 1 aliphatic rings. The highest BCUT2D eigenvalue weighted by Crippen LogP contribution is 2.39. The fourth-order valence-electron chi connectivity index (χ4n) is 3.62. The van der Waals surface area contributed by atoms with E-state index in [1.807, 2.05) is 13.0 Å². The molecule has 0 saturated heterocycles. The van der Waals surface area contributed by atoms with Crippen molar-refractivity contribution in [2.45, 2.75) is 26.4 Å². The van der Waals surface area contributed by atoms with Gasteiger partial charge in [-0.3, -0.25) is 4.90 Å². The lowest BCUT2D eigenvalue weighted by molar-refractivity contribution is 0.0526. The number of phenolic OH excluding ortho intramolecular Hbond substituents is 1. The van der Waals surface area contributed by atoms with E-state index in [4.69, 9.17) is 4.74 Å². The van der Waals surface area contributed by atoms with Crippen LogP contribution >= 0.6 is 11.3 Å². The van der Waals surface area contributed by atoms with Crippen LogP contribution in [0.25, 0.3) is 0 Å². The molecule has 1 N–H and O–H groups in total. The first-order valence-corrected chi connectivity index (χ1v) is 10.9. The molecule has 0 atom stereocenters. The van der Waals surface area contributed by atoms with Gasteiger partial charge in [-0.25, -0.2) is 9.79 Å². The molecule has 6 heteroatoms. The van der Waals surface area contributed by atoms with Gasteiger partial charge >= 0.3 is 5.97 Å². The smallest absolute Gasteiger partial charge is 0.341 e. The summed E-state index contributed by atoms with van der Waals surface area (Å²) in [6.45, 7) is 4.74. The lowest BCUT2D eigenvalue weighted by Gasteiger charge is -2.27. The van der Waals surface area contributed by atoms with Gasteiger partial charge in [-0.05, 0) is 54.3 Å². The van der Waals surface area contributed by atoms with Gasteiger partial charge in [0.15, 0.2) is 0 Å². The van der Waals surface area contributed by atoms with Crippen molar-refractivity contribution in [3.63, 3.8) is 0 Å². The third-order valence-corrected chi connectivity index (χ3v) is 6.19. The molecule has 5 nitrogen and oxygen atoms in total. The number of hydrogen-bond acceptors (Lipinski definition) is 6. The standard InChI is InChI=1S/C24H24N2O3S/c1-2-29-24(28)22-20-12-13-26(15-18-6-4-3-5-7-18)16-21(20)30-23(22)25-14-17-8-10-19(27)11-9-17/h3-11,14,27H,2,12-13,15-16H2,1H3. The van der Waals surface area contributed by atoms with E-state index >= 15 is 0 Å². The maximum absolute atomic E-state index is 12.7. The van der Waals surface area contributed by atoms with Crippen molar-refractivity contribution < 1.29 is 14.6 Å². The number of ether oxygens (including phenoxy) is 1. The minimum Gasteiger partial charge on any atom is -0.508 e. The van der Waals surface area contributed by atoms with Crippen LogP contribution in [0, 0.1) is 0 Å². The average Bonchev–Trinajstić information content (AvgIpc) is 3.12. The Hall–Kier alpha value is -2.96. The van der Waals surface area contributed by atoms with Gasteiger partial charge in [0.25, 0.3) is 0 Å². The lowest BCUT2D eigenvalue weighted by atomic mass is 10.0. The first-order valence-electron chi connectivity index (χ1n) is 10.0. The normalized spacial score (nSPS) is 14.0. The van der Waals surface area contributed by atoms with Crippen molar-refractivity contribution in [3.8, 4) is 5.75 Å². The predicted molar refractivity (Wildman–Crippen MR) is 120 cm³/mol. The summed E-state index contributed by atoms with van der Waals surface area (Å²) in [5, 5.41) is 10.1. The second kappa shape index (κ2) is 9.24. The van der Waals surface area contributed by atoms with Crippen LogP contribution in [0.2, 0.25) is 0 Å². The summed E-state index contributed by atoms with van der Waals surface area (Å²) >= 11 is 1.56. The van der Waals surface area contributed by atoms with Crippen molar-refractivity contribution >= 4 is 28.5 Å². The molecule has 3 aromatic rings. The number of nitrogens with zero attached hydrogens (tertiary/aromatic N) is 2. The Morgan fingerprint density at radius 1 is 1.20 bits per heavy atom. The molecular weight excluding hydrogens is 396 g/mol. The number of fused-ring (bicyclic) bond motifs is 1. The molecule has 0 fully saturated rings. The zero-order valence-corrected chi connectivity index (χ0v) is 17.7. The quantitative estimate of drug-likeness (QED) is 0.453. The molecule has 154 valence electrons. The number of carbonyl (C=O) groups is 1. The molecule has 2 aromatic carbocycles. The summed E-state index contributed by atoms with van der Waals surface area (Å²) in [4.78, 5) is 20.9. The van der Waals surface area contributed by atoms with E-state index in [-0.39, 0.29) is 11.7 Å². The van der Waals surface area contributed by atoms with Crippen LogP contribution in [-0.4, -0.2) is 35.3 Å². The molecule has 0 saturated carbocycles. The van der Waals surface area contributed by atoms with E-state index in [1.54, 1.807) is 41.8 Å². The number of carbonyl (C=O) groups excluding carboxylic acids is 1. The van der Waals surface area contributed by atoms with Crippen LogP contribution < -0.4 is 0 Å². The van der Waals surface area contributed by atoms with Gasteiger partial charge in [-0.1, -0.05) is 30.3 Å². The van der Waals surface area contributed by atoms with E-state index in [9.17, 15) is 9.90 Å². The van der Waals surface area contributed by atoms with Gasteiger partial charge < -0.3 is 9.84 Å². The van der Waals surface area contributed by atoms with Crippen LogP contribution in [0.15, 0.2) is 59.6 Å². The van der Waals surface area contributed by atoms with Crippen LogP contribution in [0.5, 0.6) is 5.75 Å². The predicted octanol–water partition coefficient (Wildman–Crippen LogP) is 4.94. The average molecular weight is 421 g/mol. The molecule has 30 heavy (non-hydrogen) atoms. The van der Waals surface area contributed by atoms with E-state index < -0.39 is 0 Å². The SMILES string of the molecule is CCOC(=O)c1c(N=Cc2ccc(O)cc2)sc2c1CCN(Cc1ccccc1)C2. The zero-order valence-electron chi connectivity index (χ0n) is 16.9. The van der Waals surface area contributed by atoms with Gasteiger partial charge in [0.2, 0.25) is 0 Å². The minimum absolute atomic E-state index is 0.212. The summed E-state index contributed by atoms with van der Waals surface area (Å²) in [5.74, 6) is -0.0891. The zero-order chi connectivity index (χ0) is 20.9. The number of aromatic hydroxyl groups is 1. The Morgan fingerprint density at radius 3 is 2.70 bits per heavy atom. The molecule has 0 amide bonds. The lowest BCUT2D eigenvalue weighted by Crippen LogP contribution is -2.29. The number of benzene rings is 2. The van der Waals surface area contributed by atoms with Gasteiger partial charge in [-0.2, -0.15) is 0 Å². The van der Waals surface area contributed by atoms with Crippen LogP contribution in [0.3, 0.4) is 0 Å². The molecule has 0 bridgehead atoms. The third-order valence-electron chi connectivity index (χ3n) is 5.07. The maximum Gasteiger partial charge on any atom is 0.341 e. The molecule has 1 aliphatic heterocycles. The molecular formula is C24H24N2O3S. The number of hydrogen-bond donors (Lipinski definition) is 1. The Bertz CT molecular complexity index is 1040. The fourth-order valence-corrected chi connectivity index (χ4v) is 4.84. The van der Waals surface area contributed by atoms with Gasteiger partial charge in [-0.15, -0.1) is 11.3 Å². The second-order valence-electron chi connectivity index (χ2n) is 7.20. The summed E-state index contributed by atoms with van der Waals surface area (Å²) in [7, 11) is 0. The van der Waals surface area contributed by atoms with Crippen LogP contribution in [-0.2, 0) is 24.2 Å². The Balaban J connectivity index is 1.60. The monoisotopic (exact) mass is 420 g/mol. The fraction of sp³-hybridized carbons (Fsp3) is 0.250. The van der Waals surface area contributed by atoms with Crippen molar-refractivity contribution in [3.05, 3.63) is 81.7 Å². The second-order valence-corrected chi connectivity index (χ2v) is 8.28. The number of phenols is 1. The van der Waals surface area contributed by atoms with Crippen LogP contribution in [0.4, 0.5) is 5.00 Å². The Kier molecular flexibility index (Phi) is 6.26. The van der Waals surface area contributed by atoms with Crippen molar-refractivity contribution in [1.82, 2.24) is 4.90 Å². The topological polar surface area (TPSA) is 62.1 Å². The third kappa shape index (κ3) is 4.61. The van der Waals surface area contributed by atoms with E-state index in [1.165, 1.54) is 10.4 Å². The maximum atomic E-state index is 12.7. The van der Waals surface area contributed by atoms with E-state index in [2.05, 4.69) is 34.2 Å². The molecule has 0 radical (unpaired) electrons. The molecule has 0 unspecified atom stereocenters. The summed E-state index contributed by atoms with van der Waals surface area (Å²) in [6.07, 6.45) is 2.53. The first-order chi connectivity index (χ1) is 14.6. The van der Waals surface area contributed by atoms with Crippen molar-refractivity contribution in [1.29, 1.82) is 0 Å². The van der Waals surface area contributed by atoms with E-state index in [0.29, 0.717) is 17.2 Å². The summed E-state index contributed by atoms with van der Waals surface area (Å²) < 4.78 is 5.33. The number of rotatable bonds is 6.